The van der Waals surface area contributed by atoms with Crippen LogP contribution in [0.5, 0.6) is 0 Å². The Bertz CT molecular complexity index is 483. The van der Waals surface area contributed by atoms with Gasteiger partial charge in [0.05, 0.1) is 10.0 Å². The normalized spacial score (nSPS) is 12.7. The van der Waals surface area contributed by atoms with Gasteiger partial charge in [0.1, 0.15) is 17.9 Å². The Morgan fingerprint density at radius 3 is 2.53 bits per heavy atom. The summed E-state index contributed by atoms with van der Waals surface area (Å²) < 4.78 is 5.08. The number of ether oxygens (including phenoxy) is 1. The molecule has 0 aliphatic carbocycles. The van der Waals surface area contributed by atoms with Crippen LogP contribution in [0.1, 0.15) is 32.4 Å². The molecule has 6 heteroatoms. The lowest BCUT2D eigenvalue weighted by molar-refractivity contribution is -0.109. The molecule has 4 nitrogen and oxygen atoms in total. The van der Waals surface area contributed by atoms with Crippen LogP contribution >= 0.6 is 23.2 Å². The van der Waals surface area contributed by atoms with Crippen LogP contribution in [0.15, 0.2) is 18.2 Å². The highest BCUT2D eigenvalue weighted by atomic mass is 35.5. The van der Waals surface area contributed by atoms with Crippen LogP contribution in [0.3, 0.4) is 0 Å². The lowest BCUT2D eigenvalue weighted by atomic mass is 10.1. The summed E-state index contributed by atoms with van der Waals surface area (Å²) in [5.41, 5.74) is -0.217. The Hall–Kier alpha value is -1.26. The summed E-state index contributed by atoms with van der Waals surface area (Å²) in [7, 11) is 0. The largest absolute Gasteiger partial charge is 0.444 e. The minimum Gasteiger partial charge on any atom is -0.444 e. The van der Waals surface area contributed by atoms with E-state index in [4.69, 9.17) is 27.9 Å². The molecule has 0 bridgehead atoms. The summed E-state index contributed by atoms with van der Waals surface area (Å²) in [5, 5.41) is 2.99. The molecule has 0 spiro atoms. The molecular formula is C13H15Cl2NO3. The van der Waals surface area contributed by atoms with Crippen molar-refractivity contribution in [2.24, 2.45) is 0 Å². The van der Waals surface area contributed by atoms with Crippen molar-refractivity contribution in [2.75, 3.05) is 0 Å². The molecule has 1 aromatic rings. The summed E-state index contributed by atoms with van der Waals surface area (Å²) in [6, 6.07) is 3.96. The van der Waals surface area contributed by atoms with Gasteiger partial charge >= 0.3 is 6.09 Å². The van der Waals surface area contributed by atoms with E-state index in [1.807, 2.05) is 0 Å². The monoisotopic (exact) mass is 303 g/mol. The van der Waals surface area contributed by atoms with Gasteiger partial charge in [0, 0.05) is 5.56 Å². The fourth-order valence-electron chi connectivity index (χ4n) is 1.38. The van der Waals surface area contributed by atoms with E-state index in [0.717, 1.165) is 0 Å². The summed E-state index contributed by atoms with van der Waals surface area (Å²) in [6.45, 7) is 5.19. The molecule has 0 saturated heterocycles. The Balaban J connectivity index is 2.87. The minimum atomic E-state index is -0.902. The van der Waals surface area contributed by atoms with E-state index in [-0.39, 0.29) is 5.02 Å². The Kier molecular flexibility index (Phi) is 5.20. The molecule has 1 atom stereocenters. The zero-order valence-electron chi connectivity index (χ0n) is 10.9. The maximum atomic E-state index is 11.6. The van der Waals surface area contributed by atoms with Crippen LogP contribution < -0.4 is 5.32 Å². The van der Waals surface area contributed by atoms with Gasteiger partial charge in [-0.05, 0) is 26.8 Å². The molecule has 0 aliphatic heterocycles. The van der Waals surface area contributed by atoms with E-state index in [1.165, 1.54) is 0 Å². The second kappa shape index (κ2) is 6.26. The van der Waals surface area contributed by atoms with Gasteiger partial charge in [0.15, 0.2) is 0 Å². The molecule has 104 valence electrons. The molecule has 0 radical (unpaired) electrons. The number of carbonyl (C=O) groups excluding carboxylic acids is 2. The van der Waals surface area contributed by atoms with Crippen molar-refractivity contribution in [3.63, 3.8) is 0 Å². The van der Waals surface area contributed by atoms with Crippen LogP contribution in [0.2, 0.25) is 10.0 Å². The van der Waals surface area contributed by atoms with E-state index in [1.54, 1.807) is 39.0 Å². The Labute approximate surface area is 122 Å². The molecule has 1 amide bonds. The zero-order chi connectivity index (χ0) is 14.6. The first-order valence-corrected chi connectivity index (χ1v) is 6.39. The maximum Gasteiger partial charge on any atom is 0.408 e. The molecule has 0 aliphatic rings. The summed E-state index contributed by atoms with van der Waals surface area (Å²) >= 11 is 11.9. The van der Waals surface area contributed by atoms with E-state index in [2.05, 4.69) is 5.32 Å². The predicted octanol–water partition coefficient (Wildman–Crippen LogP) is 3.76. The number of benzene rings is 1. The van der Waals surface area contributed by atoms with Crippen molar-refractivity contribution in [2.45, 2.75) is 32.4 Å². The molecule has 1 rings (SSSR count). The van der Waals surface area contributed by atoms with E-state index in [0.29, 0.717) is 16.9 Å². The first-order valence-electron chi connectivity index (χ1n) is 5.63. The average Bonchev–Trinajstić information content (AvgIpc) is 2.27. The van der Waals surface area contributed by atoms with Gasteiger partial charge in [-0.25, -0.2) is 4.79 Å². The fraction of sp³-hybridized carbons (Fsp3) is 0.385. The average molecular weight is 304 g/mol. The molecule has 0 heterocycles. The highest BCUT2D eigenvalue weighted by Crippen LogP contribution is 2.29. The fourth-order valence-corrected chi connectivity index (χ4v) is 1.81. The summed E-state index contributed by atoms with van der Waals surface area (Å²) in [5.74, 6) is 0. The number of carbonyl (C=O) groups is 2. The number of rotatable bonds is 3. The number of hydrogen-bond acceptors (Lipinski definition) is 3. The molecule has 19 heavy (non-hydrogen) atoms. The smallest absolute Gasteiger partial charge is 0.408 e. The van der Waals surface area contributed by atoms with Crippen molar-refractivity contribution in [1.82, 2.24) is 5.32 Å². The second-order valence-electron chi connectivity index (χ2n) is 4.90. The van der Waals surface area contributed by atoms with E-state index in [9.17, 15) is 9.59 Å². The number of aldehydes is 1. The summed E-state index contributed by atoms with van der Waals surface area (Å²) in [6.07, 6.45) is -0.123. The lowest BCUT2D eigenvalue weighted by Crippen LogP contribution is -2.35. The van der Waals surface area contributed by atoms with E-state index < -0.39 is 17.7 Å². The molecule has 1 unspecified atom stereocenters. The number of alkyl carbamates (subject to hydrolysis) is 1. The number of halogens is 2. The van der Waals surface area contributed by atoms with Crippen LogP contribution in [0, 0.1) is 0 Å². The zero-order valence-corrected chi connectivity index (χ0v) is 12.4. The third-order valence-corrected chi connectivity index (χ3v) is 2.96. The van der Waals surface area contributed by atoms with Crippen molar-refractivity contribution in [3.8, 4) is 0 Å². The maximum absolute atomic E-state index is 11.6. The first-order chi connectivity index (χ1) is 8.74. The van der Waals surface area contributed by atoms with E-state index >= 15 is 0 Å². The van der Waals surface area contributed by atoms with Crippen LogP contribution in [0.4, 0.5) is 4.79 Å². The second-order valence-corrected chi connectivity index (χ2v) is 5.69. The van der Waals surface area contributed by atoms with Gasteiger partial charge in [0.25, 0.3) is 0 Å². The number of nitrogens with one attached hydrogen (secondary N) is 1. The molecule has 1 aromatic carbocycles. The quantitative estimate of drug-likeness (QED) is 0.865. The van der Waals surface area contributed by atoms with Crippen molar-refractivity contribution in [1.29, 1.82) is 0 Å². The van der Waals surface area contributed by atoms with Crippen LogP contribution in [-0.2, 0) is 9.53 Å². The Morgan fingerprint density at radius 1 is 1.37 bits per heavy atom. The molecule has 0 saturated carbocycles. The first kappa shape index (κ1) is 15.8. The third kappa shape index (κ3) is 4.73. The van der Waals surface area contributed by atoms with Gasteiger partial charge in [0.2, 0.25) is 0 Å². The number of amides is 1. The SMILES string of the molecule is CC(C)(C)OC(=O)NC(C=O)c1cccc(Cl)c1Cl. The predicted molar refractivity (Wildman–Crippen MR) is 74.6 cm³/mol. The topological polar surface area (TPSA) is 55.4 Å². The van der Waals surface area contributed by atoms with Gasteiger partial charge in [-0.1, -0.05) is 35.3 Å². The van der Waals surface area contributed by atoms with Gasteiger partial charge in [-0.3, -0.25) is 0 Å². The number of hydrogen-bond donors (Lipinski definition) is 1. The third-order valence-electron chi connectivity index (χ3n) is 2.12. The minimum absolute atomic E-state index is 0.234. The molecular weight excluding hydrogens is 289 g/mol. The summed E-state index contributed by atoms with van der Waals surface area (Å²) in [4.78, 5) is 22.7. The van der Waals surface area contributed by atoms with Gasteiger partial charge in [-0.15, -0.1) is 0 Å². The highest BCUT2D eigenvalue weighted by molar-refractivity contribution is 6.42. The van der Waals surface area contributed by atoms with Crippen LogP contribution in [0.25, 0.3) is 0 Å². The standard InChI is InChI=1S/C13H15Cl2NO3/c1-13(2,3)19-12(18)16-10(7-17)8-5-4-6-9(14)11(8)15/h4-7,10H,1-3H3,(H,16,18). The Morgan fingerprint density at radius 2 is 2.00 bits per heavy atom. The lowest BCUT2D eigenvalue weighted by Gasteiger charge is -2.22. The highest BCUT2D eigenvalue weighted by Gasteiger charge is 2.22. The van der Waals surface area contributed by atoms with Crippen molar-refractivity contribution < 1.29 is 14.3 Å². The molecule has 0 aromatic heterocycles. The van der Waals surface area contributed by atoms with Crippen molar-refractivity contribution in [3.05, 3.63) is 33.8 Å². The van der Waals surface area contributed by atoms with Crippen LogP contribution in [-0.4, -0.2) is 18.0 Å². The van der Waals surface area contributed by atoms with Gasteiger partial charge < -0.3 is 14.8 Å². The van der Waals surface area contributed by atoms with Gasteiger partial charge in [-0.2, -0.15) is 0 Å². The molecule has 0 fully saturated rings. The molecule has 1 N–H and O–H groups in total. The van der Waals surface area contributed by atoms with Crippen molar-refractivity contribution >= 4 is 35.6 Å².